The lowest BCUT2D eigenvalue weighted by atomic mass is 9.90. The van der Waals surface area contributed by atoms with Crippen molar-refractivity contribution < 1.29 is 9.53 Å². The average molecular weight is 482 g/mol. The summed E-state index contributed by atoms with van der Waals surface area (Å²) in [7, 11) is 0. The van der Waals surface area contributed by atoms with E-state index in [2.05, 4.69) is 33.5 Å². The number of anilines is 1. The second-order valence-electron chi connectivity index (χ2n) is 9.36. The number of aliphatic imine (C=N–C) groups is 1. The lowest BCUT2D eigenvalue weighted by molar-refractivity contribution is -0.123. The highest BCUT2D eigenvalue weighted by atomic mass is 35.5. The number of hydrazone groups is 1. The van der Waals surface area contributed by atoms with E-state index < -0.39 is 0 Å². The SMILES string of the molecule is CC1C(C(=O)NC2C=CC(C3=CCC(N4CCOCC4)CC3)=NC2)C=NN1c1ccc(Cl)cc1. The Morgan fingerprint density at radius 2 is 2.00 bits per heavy atom. The fraction of sp³-hybridized carbons (Fsp3) is 0.500. The molecule has 1 aromatic carbocycles. The van der Waals surface area contributed by atoms with Crippen molar-refractivity contribution in [3.63, 3.8) is 0 Å². The minimum Gasteiger partial charge on any atom is -0.379 e. The number of carbonyl (C=O) groups is 1. The molecule has 1 amide bonds. The molecule has 4 aliphatic rings. The van der Waals surface area contributed by atoms with Gasteiger partial charge in [0, 0.05) is 30.4 Å². The van der Waals surface area contributed by atoms with Crippen LogP contribution in [0.4, 0.5) is 5.69 Å². The van der Waals surface area contributed by atoms with Crippen LogP contribution in [-0.2, 0) is 9.53 Å². The Balaban J connectivity index is 1.12. The highest BCUT2D eigenvalue weighted by Crippen LogP contribution is 2.28. The van der Waals surface area contributed by atoms with Crippen LogP contribution < -0.4 is 10.3 Å². The van der Waals surface area contributed by atoms with Gasteiger partial charge in [-0.15, -0.1) is 0 Å². The molecule has 1 aliphatic carbocycles. The average Bonchev–Trinajstić information content (AvgIpc) is 3.27. The van der Waals surface area contributed by atoms with Gasteiger partial charge in [-0.1, -0.05) is 23.8 Å². The van der Waals surface area contributed by atoms with Crippen LogP contribution in [0.5, 0.6) is 0 Å². The fourth-order valence-electron chi connectivity index (χ4n) is 5.13. The predicted molar refractivity (Wildman–Crippen MR) is 137 cm³/mol. The first kappa shape index (κ1) is 23.3. The zero-order valence-corrected chi connectivity index (χ0v) is 20.3. The third kappa shape index (κ3) is 5.11. The first-order valence-electron chi connectivity index (χ1n) is 12.2. The van der Waals surface area contributed by atoms with E-state index in [1.54, 1.807) is 6.21 Å². The van der Waals surface area contributed by atoms with Gasteiger partial charge >= 0.3 is 0 Å². The summed E-state index contributed by atoms with van der Waals surface area (Å²) in [5, 5.41) is 10.2. The second kappa shape index (κ2) is 10.4. The van der Waals surface area contributed by atoms with Crippen LogP contribution in [-0.4, -0.2) is 73.7 Å². The number of benzene rings is 1. The number of rotatable bonds is 5. The molecule has 34 heavy (non-hydrogen) atoms. The number of allylic oxidation sites excluding steroid dienone is 2. The van der Waals surface area contributed by atoms with Gasteiger partial charge in [-0.3, -0.25) is 19.7 Å². The zero-order chi connectivity index (χ0) is 23.5. The van der Waals surface area contributed by atoms with Crippen molar-refractivity contribution in [1.82, 2.24) is 10.2 Å². The maximum Gasteiger partial charge on any atom is 0.231 e. The molecule has 8 heteroatoms. The van der Waals surface area contributed by atoms with E-state index in [0.717, 1.165) is 50.5 Å². The molecular formula is C26H32ClN5O2. The van der Waals surface area contributed by atoms with Gasteiger partial charge in [-0.05, 0) is 62.1 Å². The van der Waals surface area contributed by atoms with Crippen LogP contribution in [0.1, 0.15) is 26.2 Å². The van der Waals surface area contributed by atoms with Gasteiger partial charge in [0.15, 0.2) is 0 Å². The highest BCUT2D eigenvalue weighted by Gasteiger charge is 2.34. The topological polar surface area (TPSA) is 69.5 Å². The maximum absolute atomic E-state index is 13.0. The van der Waals surface area contributed by atoms with Gasteiger partial charge in [0.05, 0.1) is 49.2 Å². The van der Waals surface area contributed by atoms with E-state index in [4.69, 9.17) is 21.3 Å². The molecule has 3 aliphatic heterocycles. The van der Waals surface area contributed by atoms with E-state index in [-0.39, 0.29) is 23.9 Å². The Morgan fingerprint density at radius 3 is 2.68 bits per heavy atom. The van der Waals surface area contributed by atoms with Crippen molar-refractivity contribution in [1.29, 1.82) is 0 Å². The quantitative estimate of drug-likeness (QED) is 0.699. The van der Waals surface area contributed by atoms with Gasteiger partial charge < -0.3 is 10.1 Å². The van der Waals surface area contributed by atoms with E-state index in [0.29, 0.717) is 17.6 Å². The molecule has 0 bridgehead atoms. The number of nitrogens with zero attached hydrogens (tertiary/aromatic N) is 4. The molecule has 0 spiro atoms. The molecule has 180 valence electrons. The van der Waals surface area contributed by atoms with Crippen molar-refractivity contribution in [3.05, 3.63) is 53.1 Å². The first-order chi connectivity index (χ1) is 16.6. The van der Waals surface area contributed by atoms with Gasteiger partial charge in [0.2, 0.25) is 5.91 Å². The summed E-state index contributed by atoms with van der Waals surface area (Å²) < 4.78 is 5.48. The molecule has 0 aromatic heterocycles. The minimum absolute atomic E-state index is 0.0220. The summed E-state index contributed by atoms with van der Waals surface area (Å²) in [6, 6.07) is 7.96. The lowest BCUT2D eigenvalue weighted by Gasteiger charge is -2.36. The van der Waals surface area contributed by atoms with Crippen LogP contribution >= 0.6 is 11.6 Å². The van der Waals surface area contributed by atoms with E-state index in [9.17, 15) is 4.79 Å². The summed E-state index contributed by atoms with van der Waals surface area (Å²) >= 11 is 5.99. The van der Waals surface area contributed by atoms with Crippen molar-refractivity contribution >= 4 is 35.1 Å². The van der Waals surface area contributed by atoms with Gasteiger partial charge in [0.25, 0.3) is 0 Å². The van der Waals surface area contributed by atoms with E-state index >= 15 is 0 Å². The number of amides is 1. The van der Waals surface area contributed by atoms with Gasteiger partial charge in [-0.25, -0.2) is 0 Å². The van der Waals surface area contributed by atoms with Crippen molar-refractivity contribution in [3.8, 4) is 0 Å². The standard InChI is InChI=1S/C26H32ClN5O2/c1-18-24(17-29-32(18)23-9-4-20(27)5-10-23)26(33)30-21-6-11-25(28-16-21)19-2-7-22(8-3-19)31-12-14-34-15-13-31/h2,4-6,9-11,17-18,21-22,24H,3,7-8,12-16H2,1H3,(H,30,33). The number of ether oxygens (including phenoxy) is 1. The molecule has 1 N–H and O–H groups in total. The van der Waals surface area contributed by atoms with Crippen molar-refractivity contribution in [2.45, 2.75) is 44.3 Å². The summed E-state index contributed by atoms with van der Waals surface area (Å²) in [5.41, 5.74) is 3.32. The monoisotopic (exact) mass is 481 g/mol. The van der Waals surface area contributed by atoms with Crippen LogP contribution in [0.3, 0.4) is 0 Å². The molecule has 3 heterocycles. The van der Waals surface area contributed by atoms with E-state index in [1.807, 2.05) is 36.2 Å². The molecule has 7 nitrogen and oxygen atoms in total. The van der Waals surface area contributed by atoms with Crippen LogP contribution in [0.2, 0.25) is 5.02 Å². The number of dihydropyridines is 1. The molecule has 0 radical (unpaired) electrons. The number of morpholine rings is 1. The Bertz CT molecular complexity index is 1010. The highest BCUT2D eigenvalue weighted by molar-refractivity contribution is 6.30. The third-order valence-corrected chi connectivity index (χ3v) is 7.45. The minimum atomic E-state index is -0.312. The van der Waals surface area contributed by atoms with Crippen molar-refractivity contribution in [2.24, 2.45) is 16.0 Å². The molecule has 4 atom stereocenters. The van der Waals surface area contributed by atoms with Crippen LogP contribution in [0.15, 0.2) is 58.2 Å². The number of carbonyl (C=O) groups excluding carboxylic acids is 1. The molecular weight excluding hydrogens is 450 g/mol. The molecule has 0 saturated carbocycles. The molecule has 4 unspecified atom stereocenters. The zero-order valence-electron chi connectivity index (χ0n) is 19.6. The molecule has 1 saturated heterocycles. The summed E-state index contributed by atoms with van der Waals surface area (Å²) in [6.07, 6.45) is 11.5. The lowest BCUT2D eigenvalue weighted by Crippen LogP contribution is -2.45. The Kier molecular flexibility index (Phi) is 7.13. The molecule has 1 aromatic rings. The number of halogens is 1. The number of hydrogen-bond donors (Lipinski definition) is 1. The number of nitrogens with one attached hydrogen (secondary N) is 1. The normalized spacial score (nSPS) is 29.6. The molecule has 1 fully saturated rings. The Hall–Kier alpha value is -2.48. The van der Waals surface area contributed by atoms with Crippen molar-refractivity contribution in [2.75, 3.05) is 37.9 Å². The molecule has 5 rings (SSSR count). The predicted octanol–water partition coefficient (Wildman–Crippen LogP) is 3.46. The third-order valence-electron chi connectivity index (χ3n) is 7.20. The first-order valence-corrected chi connectivity index (χ1v) is 12.6. The summed E-state index contributed by atoms with van der Waals surface area (Å²) in [5.74, 6) is -0.334. The summed E-state index contributed by atoms with van der Waals surface area (Å²) in [4.78, 5) is 20.3. The van der Waals surface area contributed by atoms with Gasteiger partial charge in [-0.2, -0.15) is 5.10 Å². The number of hydrogen-bond acceptors (Lipinski definition) is 6. The van der Waals surface area contributed by atoms with Crippen LogP contribution in [0, 0.1) is 5.92 Å². The maximum atomic E-state index is 13.0. The Labute approximate surface area is 206 Å². The Morgan fingerprint density at radius 1 is 1.21 bits per heavy atom. The van der Waals surface area contributed by atoms with Crippen LogP contribution in [0.25, 0.3) is 0 Å². The fourth-order valence-corrected chi connectivity index (χ4v) is 5.26. The smallest absolute Gasteiger partial charge is 0.231 e. The van der Waals surface area contributed by atoms with Gasteiger partial charge in [0.1, 0.15) is 0 Å². The summed E-state index contributed by atoms with van der Waals surface area (Å²) in [6.45, 7) is 6.36. The largest absolute Gasteiger partial charge is 0.379 e. The second-order valence-corrected chi connectivity index (χ2v) is 9.79. The van der Waals surface area contributed by atoms with E-state index in [1.165, 1.54) is 12.0 Å².